The van der Waals surface area contributed by atoms with E-state index in [0.29, 0.717) is 61.2 Å². The SMILES string of the molecule is COc1cc2c(C#N)c3cc(OC)c(OC)cc3c(-c3ccc(OC(F)(F)F)cc3)c2cc1OC. The van der Waals surface area contributed by atoms with Gasteiger partial charge in [0.1, 0.15) is 11.8 Å². The van der Waals surface area contributed by atoms with Gasteiger partial charge in [-0.05, 0) is 58.3 Å². The van der Waals surface area contributed by atoms with Crippen molar-refractivity contribution >= 4 is 21.5 Å². The fourth-order valence-electron chi connectivity index (χ4n) is 4.13. The smallest absolute Gasteiger partial charge is 0.493 e. The number of halogens is 3. The second-order valence-electron chi connectivity index (χ2n) is 7.44. The number of alkyl halides is 3. The fourth-order valence-corrected chi connectivity index (χ4v) is 4.13. The third-order valence-electron chi connectivity index (χ3n) is 5.61. The molecule has 0 fully saturated rings. The van der Waals surface area contributed by atoms with Crippen molar-refractivity contribution in [3.05, 3.63) is 54.1 Å². The Morgan fingerprint density at radius 1 is 0.657 bits per heavy atom. The van der Waals surface area contributed by atoms with Gasteiger partial charge in [0.05, 0.1) is 34.0 Å². The molecule has 6 nitrogen and oxygen atoms in total. The quantitative estimate of drug-likeness (QED) is 0.293. The van der Waals surface area contributed by atoms with E-state index in [9.17, 15) is 18.4 Å². The van der Waals surface area contributed by atoms with Crippen LogP contribution in [-0.2, 0) is 0 Å². The van der Waals surface area contributed by atoms with Crippen LogP contribution in [0.3, 0.4) is 0 Å². The minimum absolute atomic E-state index is 0.345. The summed E-state index contributed by atoms with van der Waals surface area (Å²) in [5.41, 5.74) is 1.63. The van der Waals surface area contributed by atoms with E-state index in [1.807, 2.05) is 0 Å². The summed E-state index contributed by atoms with van der Waals surface area (Å²) in [7, 11) is 5.97. The first-order valence-electron chi connectivity index (χ1n) is 10.3. The van der Waals surface area contributed by atoms with Gasteiger partial charge in [-0.1, -0.05) is 12.1 Å². The predicted octanol–water partition coefficient (Wildman–Crippen LogP) is 6.46. The maximum Gasteiger partial charge on any atom is 0.573 e. The van der Waals surface area contributed by atoms with E-state index < -0.39 is 6.36 Å². The lowest BCUT2D eigenvalue weighted by molar-refractivity contribution is -0.274. The molecule has 0 spiro atoms. The van der Waals surface area contributed by atoms with Crippen LogP contribution in [-0.4, -0.2) is 34.8 Å². The maximum atomic E-state index is 12.7. The van der Waals surface area contributed by atoms with Crippen molar-refractivity contribution in [1.82, 2.24) is 0 Å². The van der Waals surface area contributed by atoms with Crippen LogP contribution in [0.5, 0.6) is 28.7 Å². The zero-order chi connectivity index (χ0) is 25.3. The highest BCUT2D eigenvalue weighted by Gasteiger charge is 2.31. The van der Waals surface area contributed by atoms with Gasteiger partial charge in [0.25, 0.3) is 0 Å². The van der Waals surface area contributed by atoms with Gasteiger partial charge >= 0.3 is 6.36 Å². The first-order valence-corrected chi connectivity index (χ1v) is 10.3. The molecule has 0 N–H and O–H groups in total. The van der Waals surface area contributed by atoms with Crippen LogP contribution in [0.1, 0.15) is 5.56 Å². The van der Waals surface area contributed by atoms with Crippen molar-refractivity contribution in [2.24, 2.45) is 0 Å². The minimum Gasteiger partial charge on any atom is -0.493 e. The second-order valence-corrected chi connectivity index (χ2v) is 7.44. The fraction of sp³-hybridized carbons (Fsp3) is 0.192. The van der Waals surface area contributed by atoms with Gasteiger partial charge in [-0.15, -0.1) is 13.2 Å². The topological polar surface area (TPSA) is 69.9 Å². The number of hydrogen-bond donors (Lipinski definition) is 0. The molecule has 0 aliphatic carbocycles. The van der Waals surface area contributed by atoms with Crippen LogP contribution in [0.15, 0.2) is 48.5 Å². The average Bonchev–Trinajstić information content (AvgIpc) is 2.85. The molecule has 0 aliphatic rings. The number of hydrogen-bond acceptors (Lipinski definition) is 6. The highest BCUT2D eigenvalue weighted by atomic mass is 19.4. The maximum absolute atomic E-state index is 12.7. The molecule has 0 atom stereocenters. The molecule has 0 saturated heterocycles. The van der Waals surface area contributed by atoms with Crippen molar-refractivity contribution in [2.45, 2.75) is 6.36 Å². The van der Waals surface area contributed by atoms with Gasteiger partial charge < -0.3 is 23.7 Å². The second kappa shape index (κ2) is 9.14. The van der Waals surface area contributed by atoms with Gasteiger partial charge in [0.2, 0.25) is 0 Å². The van der Waals surface area contributed by atoms with Crippen molar-refractivity contribution in [1.29, 1.82) is 5.26 Å². The van der Waals surface area contributed by atoms with Gasteiger partial charge in [0.15, 0.2) is 23.0 Å². The molecule has 4 rings (SSSR count). The molecule has 0 saturated carbocycles. The Morgan fingerprint density at radius 2 is 1.06 bits per heavy atom. The molecule has 4 aromatic carbocycles. The molecule has 0 heterocycles. The van der Waals surface area contributed by atoms with Gasteiger partial charge in [-0.25, -0.2) is 0 Å². The summed E-state index contributed by atoms with van der Waals surface area (Å²) < 4.78 is 63.9. The van der Waals surface area contributed by atoms with Gasteiger partial charge in [-0.3, -0.25) is 0 Å². The monoisotopic (exact) mass is 483 g/mol. The Labute approximate surface area is 198 Å². The normalized spacial score (nSPS) is 11.3. The number of ether oxygens (including phenoxy) is 5. The molecule has 35 heavy (non-hydrogen) atoms. The lowest BCUT2D eigenvalue weighted by Gasteiger charge is -2.19. The zero-order valence-corrected chi connectivity index (χ0v) is 19.2. The standard InChI is InChI=1S/C26H20F3NO5/c1-31-21-9-16-18(11-23(21)33-3)25(14-5-7-15(8-6-14)35-26(27,28)29)19-12-24(34-4)22(32-2)10-17(19)20(16)13-30/h5-12H,1-4H3. The van der Waals surface area contributed by atoms with Crippen molar-refractivity contribution < 1.29 is 36.9 Å². The van der Waals surface area contributed by atoms with E-state index in [-0.39, 0.29) is 5.75 Å². The Balaban J connectivity index is 2.14. The van der Waals surface area contributed by atoms with Crippen molar-refractivity contribution in [3.8, 4) is 45.9 Å². The molecule has 0 aliphatic heterocycles. The summed E-state index contributed by atoms with van der Waals surface area (Å²) in [5.74, 6) is 1.37. The van der Waals surface area contributed by atoms with Crippen LogP contribution in [0.25, 0.3) is 32.7 Å². The summed E-state index contributed by atoms with van der Waals surface area (Å²) >= 11 is 0. The number of rotatable bonds is 6. The molecule has 4 aromatic rings. The molecule has 0 bridgehead atoms. The molecular formula is C26H20F3NO5. The first kappa shape index (κ1) is 23.8. The summed E-state index contributed by atoms with van der Waals surface area (Å²) in [6.45, 7) is 0. The predicted molar refractivity (Wildman–Crippen MR) is 124 cm³/mol. The summed E-state index contributed by atoms with van der Waals surface area (Å²) in [5, 5.41) is 12.5. The Morgan fingerprint density at radius 3 is 1.40 bits per heavy atom. The highest BCUT2D eigenvalue weighted by Crippen LogP contribution is 2.46. The van der Waals surface area contributed by atoms with Crippen molar-refractivity contribution in [2.75, 3.05) is 28.4 Å². The molecule has 0 radical (unpaired) electrons. The van der Waals surface area contributed by atoms with E-state index >= 15 is 0 Å². The van der Waals surface area contributed by atoms with Crippen LogP contribution in [0.2, 0.25) is 0 Å². The largest absolute Gasteiger partial charge is 0.573 e. The number of nitrogens with zero attached hydrogens (tertiary/aromatic N) is 1. The van der Waals surface area contributed by atoms with E-state index in [1.165, 1.54) is 52.7 Å². The third-order valence-corrected chi connectivity index (χ3v) is 5.61. The molecule has 0 aromatic heterocycles. The molecule has 9 heteroatoms. The van der Waals surface area contributed by atoms with Gasteiger partial charge in [0, 0.05) is 10.8 Å². The first-order chi connectivity index (χ1) is 16.7. The van der Waals surface area contributed by atoms with Crippen molar-refractivity contribution in [3.63, 3.8) is 0 Å². The molecule has 0 unspecified atom stereocenters. The van der Waals surface area contributed by atoms with Crippen LogP contribution in [0, 0.1) is 11.3 Å². The Bertz CT molecular complexity index is 1380. The Hall–Kier alpha value is -4.32. The summed E-state index contributed by atoms with van der Waals surface area (Å²) in [6, 6.07) is 14.7. The lowest BCUT2D eigenvalue weighted by atomic mass is 9.88. The lowest BCUT2D eigenvalue weighted by Crippen LogP contribution is -2.16. The Kier molecular flexibility index (Phi) is 6.22. The molecule has 0 amide bonds. The van der Waals surface area contributed by atoms with Crippen LogP contribution in [0.4, 0.5) is 13.2 Å². The molecule has 180 valence electrons. The zero-order valence-electron chi connectivity index (χ0n) is 19.2. The molecular weight excluding hydrogens is 463 g/mol. The summed E-state index contributed by atoms with van der Waals surface area (Å²) in [6.07, 6.45) is -4.80. The number of benzene rings is 4. The number of fused-ring (bicyclic) bond motifs is 2. The van der Waals surface area contributed by atoms with E-state index in [2.05, 4.69) is 10.8 Å². The van der Waals surface area contributed by atoms with E-state index in [4.69, 9.17) is 18.9 Å². The average molecular weight is 483 g/mol. The van der Waals surface area contributed by atoms with Gasteiger partial charge in [-0.2, -0.15) is 5.26 Å². The summed E-state index contributed by atoms with van der Waals surface area (Å²) in [4.78, 5) is 0. The minimum atomic E-state index is -4.80. The number of methoxy groups -OCH3 is 4. The van der Waals surface area contributed by atoms with Crippen LogP contribution >= 0.6 is 0 Å². The van der Waals surface area contributed by atoms with Crippen LogP contribution < -0.4 is 23.7 Å². The third kappa shape index (κ3) is 4.30. The highest BCUT2D eigenvalue weighted by molar-refractivity contribution is 6.17. The number of nitriles is 1. The van der Waals surface area contributed by atoms with E-state index in [0.717, 1.165) is 0 Å². The van der Waals surface area contributed by atoms with E-state index in [1.54, 1.807) is 24.3 Å².